The van der Waals surface area contributed by atoms with E-state index in [1.54, 1.807) is 0 Å². The Morgan fingerprint density at radius 1 is 0.700 bits per heavy atom. The first kappa shape index (κ1) is 37.9. The van der Waals surface area contributed by atoms with Crippen molar-refractivity contribution in [2.24, 2.45) is 5.92 Å². The second-order valence-electron chi connectivity index (χ2n) is 8.28. The van der Waals surface area contributed by atoms with Gasteiger partial charge in [0.25, 0.3) is 0 Å². The van der Waals surface area contributed by atoms with Crippen molar-refractivity contribution in [1.29, 1.82) is 0 Å². The summed E-state index contributed by atoms with van der Waals surface area (Å²) in [7, 11) is -5.07. The van der Waals surface area contributed by atoms with Gasteiger partial charge in [-0.05, 0) is 12.3 Å². The van der Waals surface area contributed by atoms with E-state index in [9.17, 15) is 14.4 Å². The van der Waals surface area contributed by atoms with Crippen molar-refractivity contribution < 1.29 is 127 Å². The average Bonchev–Trinajstić information content (AvgIpc) is 2.65. The maximum absolute atomic E-state index is 10.6. The van der Waals surface area contributed by atoms with Crippen LogP contribution >= 0.6 is 7.82 Å². The summed E-state index contributed by atoms with van der Waals surface area (Å²) in [5.74, 6) is 0.165. The SMILES string of the molecule is CCCCCCCCCCCCCCCCCC(OOP(=O)([O-])[O-])C(C)CC.[K+].[K+]. The first-order chi connectivity index (χ1) is 13.4. The third-order valence-corrected chi connectivity index (χ3v) is 5.90. The summed E-state index contributed by atoms with van der Waals surface area (Å²) in [6, 6.07) is 0. The Morgan fingerprint density at radius 2 is 1.07 bits per heavy atom. The van der Waals surface area contributed by atoms with Crippen molar-refractivity contribution >= 4 is 7.82 Å². The molecule has 0 saturated heterocycles. The van der Waals surface area contributed by atoms with Gasteiger partial charge < -0.3 is 14.4 Å². The molecule has 0 amide bonds. The van der Waals surface area contributed by atoms with Crippen LogP contribution in [0.15, 0.2) is 0 Å². The monoisotopic (exact) mass is 498 g/mol. The van der Waals surface area contributed by atoms with Crippen molar-refractivity contribution in [3.05, 3.63) is 0 Å². The van der Waals surface area contributed by atoms with Crippen LogP contribution in [-0.2, 0) is 14.1 Å². The van der Waals surface area contributed by atoms with Gasteiger partial charge in [-0.2, -0.15) is 0 Å². The van der Waals surface area contributed by atoms with Crippen LogP contribution in [-0.4, -0.2) is 6.10 Å². The molecule has 2 atom stereocenters. The second-order valence-corrected chi connectivity index (χ2v) is 9.32. The molecule has 0 fully saturated rings. The van der Waals surface area contributed by atoms with E-state index < -0.39 is 7.82 Å². The molecule has 0 aliphatic carbocycles. The van der Waals surface area contributed by atoms with E-state index in [0.29, 0.717) is 0 Å². The minimum absolute atomic E-state index is 0. The van der Waals surface area contributed by atoms with Gasteiger partial charge in [0, 0.05) is 0 Å². The van der Waals surface area contributed by atoms with Gasteiger partial charge in [0.2, 0.25) is 0 Å². The summed E-state index contributed by atoms with van der Waals surface area (Å²) in [5.41, 5.74) is 0. The molecule has 0 aliphatic heterocycles. The number of hydrogen-bond donors (Lipinski definition) is 0. The molecule has 0 aromatic heterocycles. The molecule has 170 valence electrons. The van der Waals surface area contributed by atoms with Crippen LogP contribution in [0, 0.1) is 5.92 Å². The van der Waals surface area contributed by atoms with Crippen molar-refractivity contribution in [1.82, 2.24) is 0 Å². The molecule has 0 saturated carbocycles. The van der Waals surface area contributed by atoms with E-state index in [1.165, 1.54) is 83.5 Å². The zero-order valence-corrected chi connectivity index (χ0v) is 27.8. The van der Waals surface area contributed by atoms with Gasteiger partial charge in [0.05, 0.1) is 6.10 Å². The predicted molar refractivity (Wildman–Crippen MR) is 113 cm³/mol. The summed E-state index contributed by atoms with van der Waals surface area (Å²) < 4.78 is 14.6. The first-order valence-electron chi connectivity index (χ1n) is 11.8. The minimum atomic E-state index is -5.07. The van der Waals surface area contributed by atoms with Crippen LogP contribution in [0.3, 0.4) is 0 Å². The van der Waals surface area contributed by atoms with Crippen molar-refractivity contribution in [2.75, 3.05) is 0 Å². The fraction of sp³-hybridized carbons (Fsp3) is 1.00. The molecule has 0 rings (SSSR count). The summed E-state index contributed by atoms with van der Waals surface area (Å²) in [6.45, 7) is 6.26. The predicted octanol–water partition coefficient (Wildman–Crippen LogP) is 0.448. The van der Waals surface area contributed by atoms with Gasteiger partial charge >= 0.3 is 103 Å². The topological polar surface area (TPSA) is 81.7 Å². The van der Waals surface area contributed by atoms with E-state index in [1.807, 2.05) is 13.8 Å². The van der Waals surface area contributed by atoms with E-state index in [-0.39, 0.29) is 115 Å². The summed E-state index contributed by atoms with van der Waals surface area (Å²) in [5, 5.41) is 0. The molecular weight excluding hydrogens is 453 g/mol. The minimum Gasteiger partial charge on any atom is -0.788 e. The molecule has 0 spiro atoms. The largest absolute Gasteiger partial charge is 1.00 e. The Morgan fingerprint density at radius 3 is 1.40 bits per heavy atom. The molecule has 2 unspecified atom stereocenters. The summed E-state index contributed by atoms with van der Waals surface area (Å²) >= 11 is 0. The number of rotatable bonds is 21. The maximum Gasteiger partial charge on any atom is 1.00 e. The zero-order chi connectivity index (χ0) is 21.1. The Hall–Kier alpha value is 3.34. The van der Waals surface area contributed by atoms with Crippen LogP contribution < -0.4 is 113 Å². The van der Waals surface area contributed by atoms with Crippen molar-refractivity contribution in [3.8, 4) is 0 Å². The first-order valence-corrected chi connectivity index (χ1v) is 13.2. The molecule has 0 aromatic rings. The molecule has 0 aromatic carbocycles. The van der Waals surface area contributed by atoms with E-state index in [0.717, 1.165) is 25.7 Å². The van der Waals surface area contributed by atoms with Gasteiger partial charge in [-0.3, -0.25) is 0 Å². The van der Waals surface area contributed by atoms with E-state index in [2.05, 4.69) is 11.6 Å². The average molecular weight is 499 g/mol. The molecule has 0 bridgehead atoms. The molecule has 5 nitrogen and oxygen atoms in total. The Labute approximate surface area is 272 Å². The second kappa shape index (κ2) is 26.9. The van der Waals surface area contributed by atoms with Crippen LogP contribution in [0.2, 0.25) is 0 Å². The normalized spacial score (nSPS) is 13.4. The third kappa shape index (κ3) is 27.6. The van der Waals surface area contributed by atoms with Gasteiger partial charge in [-0.25, -0.2) is 9.56 Å². The van der Waals surface area contributed by atoms with Gasteiger partial charge in [-0.15, -0.1) is 0 Å². The fourth-order valence-electron chi connectivity index (χ4n) is 3.52. The van der Waals surface area contributed by atoms with E-state index >= 15 is 0 Å². The Balaban J connectivity index is -0.00000364. The number of hydrogen-bond acceptors (Lipinski definition) is 5. The molecule has 8 heteroatoms. The van der Waals surface area contributed by atoms with E-state index in [4.69, 9.17) is 4.89 Å². The molecule has 0 N–H and O–H groups in total. The Kier molecular flexibility index (Phi) is 34.0. The summed E-state index contributed by atoms with van der Waals surface area (Å²) in [4.78, 5) is 26.1. The van der Waals surface area contributed by atoms with Crippen LogP contribution in [0.4, 0.5) is 0 Å². The van der Waals surface area contributed by atoms with Crippen LogP contribution in [0.5, 0.6) is 0 Å². The molecule has 0 aliphatic rings. The fourth-order valence-corrected chi connectivity index (χ4v) is 3.73. The van der Waals surface area contributed by atoms with Crippen LogP contribution in [0.25, 0.3) is 0 Å². The van der Waals surface area contributed by atoms with Crippen molar-refractivity contribution in [2.45, 2.75) is 136 Å². The zero-order valence-electron chi connectivity index (χ0n) is 20.7. The third-order valence-electron chi connectivity index (χ3n) is 5.63. The standard InChI is InChI=1S/C22H47O5P.2K/c1-4-6-7-8-9-10-11-12-13-14-15-16-17-18-19-20-22(21(3)5-2)26-27-28(23,24)25;;/h21-22H,4-20H2,1-3H3,(H2,23,24,25);;/q;2*+1/p-2. The molecular formula is C22H45K2O5P. The Bertz CT molecular complexity index is 383. The number of unbranched alkanes of at least 4 members (excludes halogenated alkanes) is 14. The van der Waals surface area contributed by atoms with Gasteiger partial charge in [0.15, 0.2) is 0 Å². The van der Waals surface area contributed by atoms with Gasteiger partial charge in [0.1, 0.15) is 7.82 Å². The smallest absolute Gasteiger partial charge is 0.788 e. The van der Waals surface area contributed by atoms with Crippen LogP contribution in [0.1, 0.15) is 130 Å². The molecule has 0 radical (unpaired) electrons. The molecule has 0 heterocycles. The summed E-state index contributed by atoms with van der Waals surface area (Å²) in [6.07, 6.45) is 20.9. The quantitative estimate of drug-likeness (QED) is 0.0755. The molecule has 30 heavy (non-hydrogen) atoms. The van der Waals surface area contributed by atoms with Gasteiger partial charge in [-0.1, -0.05) is 124 Å². The van der Waals surface area contributed by atoms with Crippen molar-refractivity contribution in [3.63, 3.8) is 0 Å². The number of phosphoric acid groups is 1. The maximum atomic E-state index is 10.6.